The molecule has 1 unspecified atom stereocenters. The van der Waals surface area contributed by atoms with Crippen LogP contribution in [0.2, 0.25) is 0 Å². The lowest BCUT2D eigenvalue weighted by molar-refractivity contribution is -0.141. The van der Waals surface area contributed by atoms with Gasteiger partial charge < -0.3 is 14.7 Å². The van der Waals surface area contributed by atoms with Gasteiger partial charge in [-0.25, -0.2) is 0 Å². The van der Waals surface area contributed by atoms with Gasteiger partial charge in [0.25, 0.3) is 0 Å². The molecule has 0 bridgehead atoms. The minimum absolute atomic E-state index is 0.294. The van der Waals surface area contributed by atoms with Crippen molar-refractivity contribution >= 4 is 11.7 Å². The van der Waals surface area contributed by atoms with Gasteiger partial charge in [-0.1, -0.05) is 18.2 Å². The number of hydrogen-bond acceptors (Lipinski definition) is 3. The Morgan fingerprint density at radius 1 is 1.26 bits per heavy atom. The van der Waals surface area contributed by atoms with Gasteiger partial charge in [0.05, 0.1) is 5.92 Å². The molecule has 1 aromatic carbocycles. The fourth-order valence-corrected chi connectivity index (χ4v) is 3.14. The van der Waals surface area contributed by atoms with Crippen LogP contribution in [0, 0.1) is 5.92 Å². The Kier molecular flexibility index (Phi) is 3.42. The summed E-state index contributed by atoms with van der Waals surface area (Å²) < 4.78 is 5.41. The number of ether oxygens (including phenoxy) is 1. The molecule has 0 aliphatic carbocycles. The number of aliphatic carboxylic acids is 1. The van der Waals surface area contributed by atoms with Gasteiger partial charge in [0.2, 0.25) is 0 Å². The summed E-state index contributed by atoms with van der Waals surface area (Å²) in [6, 6.07) is 8.61. The molecule has 0 saturated carbocycles. The average molecular weight is 261 g/mol. The molecule has 102 valence electrons. The van der Waals surface area contributed by atoms with Gasteiger partial charge in [-0.3, -0.25) is 4.79 Å². The zero-order chi connectivity index (χ0) is 13.2. The Bertz CT molecular complexity index is 468. The van der Waals surface area contributed by atoms with Gasteiger partial charge >= 0.3 is 5.97 Å². The molecule has 1 atom stereocenters. The van der Waals surface area contributed by atoms with E-state index in [1.54, 1.807) is 0 Å². The summed E-state index contributed by atoms with van der Waals surface area (Å²) in [7, 11) is 0. The van der Waals surface area contributed by atoms with Crippen molar-refractivity contribution in [3.63, 3.8) is 0 Å². The van der Waals surface area contributed by atoms with E-state index in [0.29, 0.717) is 19.0 Å². The van der Waals surface area contributed by atoms with Crippen molar-refractivity contribution in [3.05, 3.63) is 29.8 Å². The summed E-state index contributed by atoms with van der Waals surface area (Å²) in [5, 5.41) is 9.33. The van der Waals surface area contributed by atoms with Crippen molar-refractivity contribution < 1.29 is 14.6 Å². The van der Waals surface area contributed by atoms with Crippen LogP contribution in [0.5, 0.6) is 0 Å². The van der Waals surface area contributed by atoms with Gasteiger partial charge in [0.15, 0.2) is 0 Å². The second-order valence-electron chi connectivity index (χ2n) is 5.36. The van der Waals surface area contributed by atoms with Crippen LogP contribution in [0.15, 0.2) is 24.3 Å². The number of hydrogen-bond donors (Lipinski definition) is 1. The Hall–Kier alpha value is -1.55. The van der Waals surface area contributed by atoms with E-state index in [0.717, 1.165) is 31.6 Å². The van der Waals surface area contributed by atoms with Crippen molar-refractivity contribution in [3.8, 4) is 0 Å². The number of para-hydroxylation sites is 1. The monoisotopic (exact) mass is 261 g/mol. The number of nitrogens with zero attached hydrogens (tertiary/aromatic N) is 1. The third-order valence-corrected chi connectivity index (χ3v) is 4.17. The number of benzene rings is 1. The summed E-state index contributed by atoms with van der Waals surface area (Å²) in [5.74, 6) is -0.982. The molecule has 4 nitrogen and oxygen atoms in total. The Morgan fingerprint density at radius 2 is 2.00 bits per heavy atom. The maximum atomic E-state index is 11.3. The highest BCUT2D eigenvalue weighted by Crippen LogP contribution is 2.33. The SMILES string of the molecule is O=C(O)C1Cc2ccccc2N(C2CCOCC2)C1. The number of rotatable bonds is 2. The van der Waals surface area contributed by atoms with Gasteiger partial charge in [0, 0.05) is 31.5 Å². The quantitative estimate of drug-likeness (QED) is 0.883. The molecule has 3 rings (SSSR count). The van der Waals surface area contributed by atoms with Crippen LogP contribution in [0.1, 0.15) is 18.4 Å². The van der Waals surface area contributed by atoms with Crippen LogP contribution in [0.4, 0.5) is 5.69 Å². The Balaban J connectivity index is 1.90. The van der Waals surface area contributed by atoms with Crippen molar-refractivity contribution in [2.75, 3.05) is 24.7 Å². The summed E-state index contributed by atoms with van der Waals surface area (Å²) in [6.07, 6.45) is 2.62. The largest absolute Gasteiger partial charge is 0.481 e. The first-order chi connectivity index (χ1) is 9.25. The molecule has 1 fully saturated rings. The summed E-state index contributed by atoms with van der Waals surface area (Å²) in [5.41, 5.74) is 2.37. The molecule has 2 aliphatic heterocycles. The zero-order valence-corrected chi connectivity index (χ0v) is 10.9. The van der Waals surface area contributed by atoms with Crippen LogP contribution < -0.4 is 4.90 Å². The van der Waals surface area contributed by atoms with E-state index in [1.165, 1.54) is 5.69 Å². The van der Waals surface area contributed by atoms with Gasteiger partial charge in [-0.2, -0.15) is 0 Å². The van der Waals surface area contributed by atoms with E-state index in [2.05, 4.69) is 17.0 Å². The molecular weight excluding hydrogens is 242 g/mol. The zero-order valence-electron chi connectivity index (χ0n) is 10.9. The normalized spacial score (nSPS) is 24.0. The number of anilines is 1. The minimum Gasteiger partial charge on any atom is -0.481 e. The van der Waals surface area contributed by atoms with Crippen molar-refractivity contribution in [2.24, 2.45) is 5.92 Å². The first-order valence-electron chi connectivity index (χ1n) is 6.91. The van der Waals surface area contributed by atoms with Crippen LogP contribution in [-0.2, 0) is 16.0 Å². The molecule has 0 amide bonds. The first kappa shape index (κ1) is 12.5. The van der Waals surface area contributed by atoms with E-state index >= 15 is 0 Å². The molecule has 0 radical (unpaired) electrons. The van der Waals surface area contributed by atoms with E-state index in [-0.39, 0.29) is 5.92 Å². The fourth-order valence-electron chi connectivity index (χ4n) is 3.14. The van der Waals surface area contributed by atoms with Crippen molar-refractivity contribution in [1.82, 2.24) is 0 Å². The maximum Gasteiger partial charge on any atom is 0.308 e. The lowest BCUT2D eigenvalue weighted by Gasteiger charge is -2.41. The molecule has 1 N–H and O–H groups in total. The molecule has 2 heterocycles. The van der Waals surface area contributed by atoms with Gasteiger partial charge in [-0.15, -0.1) is 0 Å². The fraction of sp³-hybridized carbons (Fsp3) is 0.533. The first-order valence-corrected chi connectivity index (χ1v) is 6.91. The molecule has 2 aliphatic rings. The highest BCUT2D eigenvalue weighted by Gasteiger charge is 2.33. The standard InChI is InChI=1S/C15H19NO3/c17-15(18)12-9-11-3-1-2-4-14(11)16(10-12)13-5-7-19-8-6-13/h1-4,12-13H,5-10H2,(H,17,18). The Labute approximate surface area is 113 Å². The molecule has 0 aromatic heterocycles. The predicted molar refractivity (Wildman–Crippen MR) is 72.5 cm³/mol. The molecule has 1 saturated heterocycles. The average Bonchev–Trinajstić information content (AvgIpc) is 2.47. The maximum absolute atomic E-state index is 11.3. The topological polar surface area (TPSA) is 49.8 Å². The van der Waals surface area contributed by atoms with Crippen LogP contribution in [0.25, 0.3) is 0 Å². The van der Waals surface area contributed by atoms with E-state index in [9.17, 15) is 9.90 Å². The van der Waals surface area contributed by atoms with E-state index in [1.807, 2.05) is 12.1 Å². The highest BCUT2D eigenvalue weighted by atomic mass is 16.5. The van der Waals surface area contributed by atoms with Crippen molar-refractivity contribution in [2.45, 2.75) is 25.3 Å². The van der Waals surface area contributed by atoms with E-state index < -0.39 is 5.97 Å². The molecular formula is C15H19NO3. The molecule has 19 heavy (non-hydrogen) atoms. The minimum atomic E-state index is -0.688. The van der Waals surface area contributed by atoms with Crippen molar-refractivity contribution in [1.29, 1.82) is 0 Å². The lowest BCUT2D eigenvalue weighted by atomic mass is 9.90. The Morgan fingerprint density at radius 3 is 2.74 bits per heavy atom. The van der Waals surface area contributed by atoms with Gasteiger partial charge in [0.1, 0.15) is 0 Å². The number of carbonyl (C=O) groups is 1. The number of carboxylic acid groups (broad SMARTS) is 1. The molecule has 1 aromatic rings. The third-order valence-electron chi connectivity index (χ3n) is 4.17. The smallest absolute Gasteiger partial charge is 0.308 e. The second kappa shape index (κ2) is 5.21. The summed E-state index contributed by atoms with van der Waals surface area (Å²) in [6.45, 7) is 2.18. The number of carboxylic acids is 1. The third kappa shape index (κ3) is 2.45. The van der Waals surface area contributed by atoms with E-state index in [4.69, 9.17) is 4.74 Å². The summed E-state index contributed by atoms with van der Waals surface area (Å²) >= 11 is 0. The molecule has 4 heteroatoms. The van der Waals surface area contributed by atoms with Gasteiger partial charge in [-0.05, 0) is 30.9 Å². The highest BCUT2D eigenvalue weighted by molar-refractivity contribution is 5.74. The number of fused-ring (bicyclic) bond motifs is 1. The lowest BCUT2D eigenvalue weighted by Crippen LogP contribution is -2.47. The molecule has 0 spiro atoms. The van der Waals surface area contributed by atoms with Crippen LogP contribution >= 0.6 is 0 Å². The summed E-state index contributed by atoms with van der Waals surface area (Å²) in [4.78, 5) is 13.6. The van der Waals surface area contributed by atoms with Crippen LogP contribution in [-0.4, -0.2) is 36.9 Å². The van der Waals surface area contributed by atoms with Crippen LogP contribution in [0.3, 0.4) is 0 Å². The second-order valence-corrected chi connectivity index (χ2v) is 5.36. The predicted octanol–water partition coefficient (Wildman–Crippen LogP) is 1.93.